The number of oxime groups is 1. The lowest BCUT2D eigenvalue weighted by Crippen LogP contribution is -2.30. The molecular weight excluding hydrogens is 268 g/mol. The van der Waals surface area contributed by atoms with Crippen molar-refractivity contribution in [2.45, 2.75) is 19.8 Å². The summed E-state index contributed by atoms with van der Waals surface area (Å²) < 4.78 is 5.68. The first kappa shape index (κ1) is 13.7. The number of hydrogen-bond donors (Lipinski definition) is 0. The van der Waals surface area contributed by atoms with Gasteiger partial charge in [0.15, 0.2) is 12.4 Å². The van der Waals surface area contributed by atoms with Crippen LogP contribution >= 0.6 is 0 Å². The van der Waals surface area contributed by atoms with Crippen LogP contribution < -0.4 is 0 Å². The maximum atomic E-state index is 11.8. The summed E-state index contributed by atoms with van der Waals surface area (Å²) in [5.41, 5.74) is 1.44. The van der Waals surface area contributed by atoms with Gasteiger partial charge in [0.25, 0.3) is 5.91 Å². The number of fused-ring (bicyclic) bond motifs is 1. The van der Waals surface area contributed by atoms with E-state index in [1.807, 2.05) is 35.2 Å². The van der Waals surface area contributed by atoms with Gasteiger partial charge < -0.3 is 14.2 Å². The van der Waals surface area contributed by atoms with Gasteiger partial charge in [0, 0.05) is 18.5 Å². The minimum absolute atomic E-state index is 0.00587. The molecule has 21 heavy (non-hydrogen) atoms. The second-order valence-corrected chi connectivity index (χ2v) is 5.19. The average molecular weight is 286 g/mol. The molecular formula is C16H18N2O3. The Balaban J connectivity index is 1.61. The zero-order valence-corrected chi connectivity index (χ0v) is 12.0. The van der Waals surface area contributed by atoms with Crippen LogP contribution in [0.25, 0.3) is 11.0 Å². The maximum absolute atomic E-state index is 11.8. The second-order valence-electron chi connectivity index (χ2n) is 5.19. The molecule has 0 spiro atoms. The highest BCUT2D eigenvalue weighted by atomic mass is 16.6. The van der Waals surface area contributed by atoms with Crippen LogP contribution in [0.1, 0.15) is 25.5 Å². The molecule has 0 unspecified atom stereocenters. The monoisotopic (exact) mass is 286 g/mol. The minimum Gasteiger partial charge on any atom is -0.455 e. The summed E-state index contributed by atoms with van der Waals surface area (Å²) >= 11 is 0. The van der Waals surface area contributed by atoms with Crippen molar-refractivity contribution in [3.05, 3.63) is 36.1 Å². The van der Waals surface area contributed by atoms with E-state index in [4.69, 9.17) is 9.25 Å². The van der Waals surface area contributed by atoms with Gasteiger partial charge in [-0.2, -0.15) is 0 Å². The van der Waals surface area contributed by atoms with Gasteiger partial charge in [-0.1, -0.05) is 23.4 Å². The van der Waals surface area contributed by atoms with Crippen LogP contribution in [0.5, 0.6) is 0 Å². The Labute approximate surface area is 123 Å². The minimum atomic E-state index is -0.0163. The quantitative estimate of drug-likeness (QED) is 0.641. The fourth-order valence-electron chi connectivity index (χ4n) is 2.45. The van der Waals surface area contributed by atoms with Crippen molar-refractivity contribution < 1.29 is 14.0 Å². The van der Waals surface area contributed by atoms with E-state index >= 15 is 0 Å². The van der Waals surface area contributed by atoms with Crippen molar-refractivity contribution in [3.8, 4) is 0 Å². The van der Waals surface area contributed by atoms with Crippen LogP contribution in [-0.4, -0.2) is 36.2 Å². The van der Waals surface area contributed by atoms with Gasteiger partial charge in [-0.3, -0.25) is 4.79 Å². The molecule has 0 bridgehead atoms. The molecule has 1 aliphatic rings. The summed E-state index contributed by atoms with van der Waals surface area (Å²) in [6.45, 7) is 3.44. The van der Waals surface area contributed by atoms with E-state index in [2.05, 4.69) is 5.16 Å². The first-order chi connectivity index (χ1) is 10.2. The number of carbonyl (C=O) groups excluding carboxylic acids is 1. The third-order valence-electron chi connectivity index (χ3n) is 3.63. The topological polar surface area (TPSA) is 55.0 Å². The third kappa shape index (κ3) is 3.07. The second kappa shape index (κ2) is 5.99. The molecule has 0 radical (unpaired) electrons. The smallest absolute Gasteiger partial charge is 0.263 e. The number of nitrogens with zero attached hydrogens (tertiary/aromatic N) is 2. The van der Waals surface area contributed by atoms with Gasteiger partial charge >= 0.3 is 0 Å². The van der Waals surface area contributed by atoms with Crippen LogP contribution in [0.3, 0.4) is 0 Å². The van der Waals surface area contributed by atoms with Gasteiger partial charge in [-0.25, -0.2) is 0 Å². The number of furan rings is 1. The largest absolute Gasteiger partial charge is 0.455 e. The van der Waals surface area contributed by atoms with E-state index in [1.165, 1.54) is 0 Å². The lowest BCUT2D eigenvalue weighted by atomic mass is 10.2. The molecule has 0 atom stereocenters. The van der Waals surface area contributed by atoms with Crippen molar-refractivity contribution in [3.63, 3.8) is 0 Å². The third-order valence-corrected chi connectivity index (χ3v) is 3.63. The fourth-order valence-corrected chi connectivity index (χ4v) is 2.45. The molecule has 3 rings (SSSR count). The highest BCUT2D eigenvalue weighted by Crippen LogP contribution is 2.19. The molecule has 5 heteroatoms. The maximum Gasteiger partial charge on any atom is 0.263 e. The van der Waals surface area contributed by atoms with E-state index < -0.39 is 0 Å². The van der Waals surface area contributed by atoms with E-state index in [0.717, 1.165) is 36.9 Å². The van der Waals surface area contributed by atoms with Gasteiger partial charge in [0.1, 0.15) is 11.3 Å². The zero-order valence-electron chi connectivity index (χ0n) is 12.0. The molecule has 0 N–H and O–H groups in total. The molecule has 1 aliphatic heterocycles. The van der Waals surface area contributed by atoms with Crippen LogP contribution in [0.15, 0.2) is 39.9 Å². The van der Waals surface area contributed by atoms with E-state index in [9.17, 15) is 4.79 Å². The Bertz CT molecular complexity index is 636. The van der Waals surface area contributed by atoms with Crippen LogP contribution in [0.2, 0.25) is 0 Å². The summed E-state index contributed by atoms with van der Waals surface area (Å²) in [6, 6.07) is 9.68. The van der Waals surface area contributed by atoms with Gasteiger partial charge in [0.05, 0.1) is 0 Å². The molecule has 1 amide bonds. The first-order valence-electron chi connectivity index (χ1n) is 7.17. The Hall–Kier alpha value is -2.30. The van der Waals surface area contributed by atoms with E-state index in [-0.39, 0.29) is 12.5 Å². The lowest BCUT2D eigenvalue weighted by molar-refractivity contribution is -0.135. The predicted molar refractivity (Wildman–Crippen MR) is 80.2 cm³/mol. The molecule has 0 aliphatic carbocycles. The molecule has 2 heterocycles. The molecule has 1 aromatic heterocycles. The summed E-state index contributed by atoms with van der Waals surface area (Å²) in [4.78, 5) is 18.8. The number of likely N-dealkylation sites (tertiary alicyclic amines) is 1. The lowest BCUT2D eigenvalue weighted by Gasteiger charge is -2.13. The zero-order chi connectivity index (χ0) is 14.7. The van der Waals surface area contributed by atoms with Gasteiger partial charge in [-0.05, 0) is 31.9 Å². The fraction of sp³-hybridized carbons (Fsp3) is 0.375. The highest BCUT2D eigenvalue weighted by Gasteiger charge is 2.18. The molecule has 5 nitrogen and oxygen atoms in total. The van der Waals surface area contributed by atoms with E-state index in [1.54, 1.807) is 6.92 Å². The van der Waals surface area contributed by atoms with Gasteiger partial charge in [-0.15, -0.1) is 0 Å². The number of benzene rings is 1. The van der Waals surface area contributed by atoms with Crippen molar-refractivity contribution in [1.29, 1.82) is 0 Å². The van der Waals surface area contributed by atoms with Crippen molar-refractivity contribution in [1.82, 2.24) is 4.90 Å². The SMILES string of the molecule is CC(=NOCC(=O)N1CCCC1)c1cc2ccccc2o1. The van der Waals surface area contributed by atoms with E-state index in [0.29, 0.717) is 11.5 Å². The Morgan fingerprint density at radius 3 is 2.86 bits per heavy atom. The molecule has 0 saturated carbocycles. The van der Waals surface area contributed by atoms with Crippen molar-refractivity contribution in [2.24, 2.45) is 5.16 Å². The number of hydrogen-bond acceptors (Lipinski definition) is 4. The highest BCUT2D eigenvalue weighted by molar-refractivity contribution is 5.99. The Morgan fingerprint density at radius 1 is 1.33 bits per heavy atom. The van der Waals surface area contributed by atoms with Crippen LogP contribution in [0.4, 0.5) is 0 Å². The molecule has 110 valence electrons. The number of para-hydroxylation sites is 1. The van der Waals surface area contributed by atoms with Crippen molar-refractivity contribution >= 4 is 22.6 Å². The number of carbonyl (C=O) groups is 1. The summed E-state index contributed by atoms with van der Waals surface area (Å²) in [5, 5.41) is 5.00. The Kier molecular flexibility index (Phi) is 3.90. The standard InChI is InChI=1S/C16H18N2O3/c1-12(15-10-13-6-2-3-7-14(13)21-15)17-20-11-16(19)18-8-4-5-9-18/h2-3,6-7,10H,4-5,8-9,11H2,1H3. The molecule has 1 fully saturated rings. The van der Waals surface area contributed by atoms with Crippen LogP contribution in [0, 0.1) is 0 Å². The number of amides is 1. The predicted octanol–water partition coefficient (Wildman–Crippen LogP) is 2.80. The molecule has 2 aromatic rings. The molecule has 1 saturated heterocycles. The normalized spacial score (nSPS) is 15.7. The van der Waals surface area contributed by atoms with Gasteiger partial charge in [0.2, 0.25) is 0 Å². The summed E-state index contributed by atoms with van der Waals surface area (Å²) in [6.07, 6.45) is 2.15. The summed E-state index contributed by atoms with van der Waals surface area (Å²) in [7, 11) is 0. The van der Waals surface area contributed by atoms with Crippen molar-refractivity contribution in [2.75, 3.05) is 19.7 Å². The first-order valence-corrected chi connectivity index (χ1v) is 7.17. The average Bonchev–Trinajstić information content (AvgIpc) is 3.16. The summed E-state index contributed by atoms with van der Waals surface area (Å²) in [5.74, 6) is 0.651. The van der Waals surface area contributed by atoms with Crippen LogP contribution in [-0.2, 0) is 9.63 Å². The molecule has 1 aromatic carbocycles. The number of rotatable bonds is 4. The Morgan fingerprint density at radius 2 is 2.10 bits per heavy atom.